The smallest absolute Gasteiger partial charge is 0.309 e. The number of nitrogens with zero attached hydrogens (tertiary/aromatic N) is 1. The monoisotopic (exact) mass is 335 g/mol. The van der Waals surface area contributed by atoms with Crippen molar-refractivity contribution in [3.8, 4) is 0 Å². The zero-order valence-electron chi connectivity index (χ0n) is 13.3. The zero-order chi connectivity index (χ0) is 17.0. The predicted octanol–water partition coefficient (Wildman–Crippen LogP) is 3.90. The van der Waals surface area contributed by atoms with Crippen molar-refractivity contribution in [2.24, 2.45) is 5.92 Å². The topological polar surface area (TPSA) is 69.4 Å². The van der Waals surface area contributed by atoms with Crippen LogP contribution in [0.2, 0.25) is 5.02 Å². The molecule has 1 atom stereocenters. The second-order valence-corrected chi connectivity index (χ2v) is 5.83. The van der Waals surface area contributed by atoms with E-state index in [1.165, 1.54) is 0 Å². The van der Waals surface area contributed by atoms with Crippen LogP contribution in [0.3, 0.4) is 0 Å². The molecule has 0 fully saturated rings. The van der Waals surface area contributed by atoms with Crippen LogP contribution in [-0.4, -0.2) is 16.7 Å². The number of aromatic nitrogens is 1. The molecule has 0 N–H and O–H groups in total. The highest BCUT2D eigenvalue weighted by Crippen LogP contribution is 2.16. The fraction of sp³-hybridized carbons (Fsp3) is 0.353. The molecule has 2 aromatic rings. The van der Waals surface area contributed by atoms with Gasteiger partial charge < -0.3 is 9.15 Å². The molecular formula is C17H18ClNO4. The van der Waals surface area contributed by atoms with Gasteiger partial charge in [0.05, 0.1) is 11.6 Å². The summed E-state index contributed by atoms with van der Waals surface area (Å²) in [6.07, 6.45) is 0.0735. The second kappa shape index (κ2) is 7.42. The number of ketones is 1. The molecule has 122 valence electrons. The molecule has 0 unspecified atom stereocenters. The van der Waals surface area contributed by atoms with E-state index in [1.807, 2.05) is 6.92 Å². The summed E-state index contributed by atoms with van der Waals surface area (Å²) in [6, 6.07) is 6.57. The van der Waals surface area contributed by atoms with Crippen LogP contribution in [0.1, 0.15) is 41.0 Å². The third-order valence-corrected chi connectivity index (χ3v) is 3.72. The molecule has 23 heavy (non-hydrogen) atoms. The van der Waals surface area contributed by atoms with Gasteiger partial charge in [-0.05, 0) is 38.1 Å². The van der Waals surface area contributed by atoms with Crippen LogP contribution >= 0.6 is 11.6 Å². The summed E-state index contributed by atoms with van der Waals surface area (Å²) >= 11 is 5.78. The van der Waals surface area contributed by atoms with E-state index in [9.17, 15) is 9.59 Å². The summed E-state index contributed by atoms with van der Waals surface area (Å²) in [6.45, 7) is 5.23. The molecule has 2 rings (SSSR count). The van der Waals surface area contributed by atoms with Gasteiger partial charge >= 0.3 is 5.97 Å². The molecule has 0 aliphatic heterocycles. The largest absolute Gasteiger partial charge is 0.455 e. The summed E-state index contributed by atoms with van der Waals surface area (Å²) < 4.78 is 10.5. The first-order valence-electron chi connectivity index (χ1n) is 7.25. The molecule has 1 aromatic carbocycles. The minimum absolute atomic E-state index is 0.0347. The van der Waals surface area contributed by atoms with Crippen molar-refractivity contribution < 1.29 is 18.7 Å². The molecule has 0 saturated carbocycles. The number of rotatable bonds is 6. The number of carbonyl (C=O) groups is 2. The number of aryl methyl sites for hydroxylation is 2. The number of ether oxygens (including phenoxy) is 1. The van der Waals surface area contributed by atoms with Crippen LogP contribution in [0.4, 0.5) is 0 Å². The van der Waals surface area contributed by atoms with Crippen molar-refractivity contribution in [2.45, 2.75) is 33.8 Å². The van der Waals surface area contributed by atoms with Crippen molar-refractivity contribution in [1.82, 2.24) is 4.98 Å². The molecule has 1 heterocycles. The Labute approximate surface area is 139 Å². The quantitative estimate of drug-likeness (QED) is 0.591. The SMILES string of the molecule is Cc1nc(COC(=O)[C@H](C)CC(=O)c2ccc(Cl)cc2)oc1C. The predicted molar refractivity (Wildman–Crippen MR) is 85.3 cm³/mol. The van der Waals surface area contributed by atoms with Crippen LogP contribution in [0.5, 0.6) is 0 Å². The minimum atomic E-state index is -0.546. The molecule has 0 aliphatic carbocycles. The van der Waals surface area contributed by atoms with Gasteiger partial charge in [0.15, 0.2) is 12.4 Å². The van der Waals surface area contributed by atoms with Gasteiger partial charge in [-0.15, -0.1) is 0 Å². The molecule has 0 bridgehead atoms. The van der Waals surface area contributed by atoms with Crippen molar-refractivity contribution >= 4 is 23.4 Å². The molecular weight excluding hydrogens is 318 g/mol. The Morgan fingerprint density at radius 3 is 2.48 bits per heavy atom. The Kier molecular flexibility index (Phi) is 5.55. The number of esters is 1. The van der Waals surface area contributed by atoms with Crippen LogP contribution in [0.25, 0.3) is 0 Å². The molecule has 0 saturated heterocycles. The molecule has 0 radical (unpaired) electrons. The summed E-state index contributed by atoms with van der Waals surface area (Å²) in [5.74, 6) is -0.0864. The maximum atomic E-state index is 12.1. The summed E-state index contributed by atoms with van der Waals surface area (Å²) in [7, 11) is 0. The van der Waals surface area contributed by atoms with E-state index in [0.29, 0.717) is 22.2 Å². The molecule has 1 aromatic heterocycles. The summed E-state index contributed by atoms with van der Waals surface area (Å²) in [5, 5.41) is 0.561. The highest BCUT2D eigenvalue weighted by molar-refractivity contribution is 6.30. The van der Waals surface area contributed by atoms with Gasteiger partial charge in [0.2, 0.25) is 5.89 Å². The average molecular weight is 336 g/mol. The molecule has 0 aliphatic rings. The van der Waals surface area contributed by atoms with E-state index in [1.54, 1.807) is 38.1 Å². The summed E-state index contributed by atoms with van der Waals surface area (Å²) in [4.78, 5) is 28.2. The van der Waals surface area contributed by atoms with Gasteiger partial charge in [-0.3, -0.25) is 9.59 Å². The number of Topliss-reactive ketones (excluding diaryl/α,β-unsaturated/α-hetero) is 1. The Hall–Kier alpha value is -2.14. The first-order valence-corrected chi connectivity index (χ1v) is 7.63. The van der Waals surface area contributed by atoms with Gasteiger partial charge in [-0.25, -0.2) is 4.98 Å². The van der Waals surface area contributed by atoms with E-state index in [2.05, 4.69) is 4.98 Å². The van der Waals surface area contributed by atoms with Crippen LogP contribution in [-0.2, 0) is 16.1 Å². The molecule has 0 spiro atoms. The number of hydrogen-bond acceptors (Lipinski definition) is 5. The van der Waals surface area contributed by atoms with Crippen LogP contribution < -0.4 is 0 Å². The lowest BCUT2D eigenvalue weighted by molar-refractivity contribution is -0.149. The van der Waals surface area contributed by atoms with Crippen LogP contribution in [0, 0.1) is 19.8 Å². The number of benzene rings is 1. The second-order valence-electron chi connectivity index (χ2n) is 5.39. The Bertz CT molecular complexity index is 686. The van der Waals surface area contributed by atoms with Crippen molar-refractivity contribution in [1.29, 1.82) is 0 Å². The van der Waals surface area contributed by atoms with Crippen molar-refractivity contribution in [2.75, 3.05) is 0 Å². The Balaban J connectivity index is 1.86. The molecule has 6 heteroatoms. The van der Waals surface area contributed by atoms with Gasteiger partial charge in [0.1, 0.15) is 5.76 Å². The maximum absolute atomic E-state index is 12.1. The highest BCUT2D eigenvalue weighted by atomic mass is 35.5. The fourth-order valence-corrected chi connectivity index (χ4v) is 2.12. The highest BCUT2D eigenvalue weighted by Gasteiger charge is 2.20. The molecule has 0 amide bonds. The fourth-order valence-electron chi connectivity index (χ4n) is 1.99. The number of halogens is 1. The van der Waals surface area contributed by atoms with Crippen molar-refractivity contribution in [3.63, 3.8) is 0 Å². The zero-order valence-corrected chi connectivity index (χ0v) is 14.0. The third kappa shape index (κ3) is 4.66. The Morgan fingerprint density at radius 2 is 1.91 bits per heavy atom. The van der Waals surface area contributed by atoms with E-state index >= 15 is 0 Å². The maximum Gasteiger partial charge on any atom is 0.309 e. The summed E-state index contributed by atoms with van der Waals surface area (Å²) in [5.41, 5.74) is 1.29. The lowest BCUT2D eigenvalue weighted by Crippen LogP contribution is -2.18. The van der Waals surface area contributed by atoms with Gasteiger partial charge in [0.25, 0.3) is 0 Å². The molecule has 5 nitrogen and oxygen atoms in total. The Morgan fingerprint density at radius 1 is 1.26 bits per heavy atom. The van der Waals surface area contributed by atoms with E-state index in [4.69, 9.17) is 20.8 Å². The van der Waals surface area contributed by atoms with Gasteiger partial charge in [-0.1, -0.05) is 18.5 Å². The standard InChI is InChI=1S/C17H18ClNO4/c1-10(8-15(20)13-4-6-14(18)7-5-13)17(21)22-9-16-19-11(2)12(3)23-16/h4-7,10H,8-9H2,1-3H3/t10-/m1/s1. The average Bonchev–Trinajstić information content (AvgIpc) is 2.84. The van der Waals surface area contributed by atoms with Gasteiger partial charge in [0, 0.05) is 17.0 Å². The van der Waals surface area contributed by atoms with E-state index < -0.39 is 11.9 Å². The minimum Gasteiger partial charge on any atom is -0.455 e. The third-order valence-electron chi connectivity index (χ3n) is 3.47. The van der Waals surface area contributed by atoms with Crippen LogP contribution in [0.15, 0.2) is 28.7 Å². The van der Waals surface area contributed by atoms with Gasteiger partial charge in [-0.2, -0.15) is 0 Å². The lowest BCUT2D eigenvalue weighted by atomic mass is 10.00. The van der Waals surface area contributed by atoms with E-state index in [0.717, 1.165) is 5.69 Å². The van der Waals surface area contributed by atoms with E-state index in [-0.39, 0.29) is 18.8 Å². The number of oxazole rings is 1. The first-order chi connectivity index (χ1) is 10.9. The number of hydrogen-bond donors (Lipinski definition) is 0. The number of carbonyl (C=O) groups excluding carboxylic acids is 2. The lowest BCUT2D eigenvalue weighted by Gasteiger charge is -2.10. The first kappa shape index (κ1) is 17.2. The van der Waals surface area contributed by atoms with Crippen molar-refractivity contribution in [3.05, 3.63) is 52.2 Å². The normalized spacial score (nSPS) is 12.0.